The average Bonchev–Trinajstić information content (AvgIpc) is 3.03. The quantitative estimate of drug-likeness (QED) is 0.495. The van der Waals surface area contributed by atoms with Gasteiger partial charge in [-0.1, -0.05) is 23.7 Å². The van der Waals surface area contributed by atoms with Crippen molar-refractivity contribution < 1.29 is 18.7 Å². The van der Waals surface area contributed by atoms with Crippen molar-refractivity contribution in [3.05, 3.63) is 74.1 Å². The van der Waals surface area contributed by atoms with Crippen LogP contribution in [0, 0.1) is 6.92 Å². The van der Waals surface area contributed by atoms with Gasteiger partial charge in [-0.05, 0) is 55.7 Å². The molecule has 6 nitrogen and oxygen atoms in total. The summed E-state index contributed by atoms with van der Waals surface area (Å²) in [5.41, 5.74) is 2.02. The van der Waals surface area contributed by atoms with Crippen LogP contribution in [0.25, 0.3) is 11.0 Å². The van der Waals surface area contributed by atoms with Gasteiger partial charge in [0.25, 0.3) is 5.91 Å². The SMILES string of the molecule is CCOc1cccc(C2c3c(oc4cc(C)c(Cl)cc4c3=O)C(=O)N2CCCOC)c1. The van der Waals surface area contributed by atoms with E-state index in [1.807, 2.05) is 38.1 Å². The van der Waals surface area contributed by atoms with Gasteiger partial charge in [-0.3, -0.25) is 9.59 Å². The molecule has 2 heterocycles. The van der Waals surface area contributed by atoms with Crippen molar-refractivity contribution in [3.63, 3.8) is 0 Å². The lowest BCUT2D eigenvalue weighted by atomic mass is 9.98. The lowest BCUT2D eigenvalue weighted by molar-refractivity contribution is 0.0707. The Morgan fingerprint density at radius 1 is 1.19 bits per heavy atom. The van der Waals surface area contributed by atoms with Crippen LogP contribution in [-0.4, -0.2) is 37.7 Å². The van der Waals surface area contributed by atoms with E-state index in [0.717, 1.165) is 11.1 Å². The Morgan fingerprint density at radius 2 is 2.00 bits per heavy atom. The van der Waals surface area contributed by atoms with Crippen LogP contribution in [0.4, 0.5) is 0 Å². The van der Waals surface area contributed by atoms with Crippen LogP contribution < -0.4 is 10.2 Å². The maximum absolute atomic E-state index is 13.5. The lowest BCUT2D eigenvalue weighted by Gasteiger charge is -2.25. The number of aryl methyl sites for hydroxylation is 1. The number of carbonyl (C=O) groups excluding carboxylic acids is 1. The summed E-state index contributed by atoms with van der Waals surface area (Å²) in [6, 6.07) is 10.2. The second-order valence-electron chi connectivity index (χ2n) is 7.52. The fourth-order valence-electron chi connectivity index (χ4n) is 4.04. The number of halogens is 1. The Hall–Kier alpha value is -2.83. The summed E-state index contributed by atoms with van der Waals surface area (Å²) in [6.45, 7) is 5.19. The molecule has 1 aromatic heterocycles. The van der Waals surface area contributed by atoms with Gasteiger partial charge in [-0.25, -0.2) is 0 Å². The third-order valence-electron chi connectivity index (χ3n) is 5.48. The number of nitrogens with zero attached hydrogens (tertiary/aromatic N) is 1. The largest absolute Gasteiger partial charge is 0.494 e. The first-order chi connectivity index (χ1) is 15.0. The zero-order chi connectivity index (χ0) is 22.1. The van der Waals surface area contributed by atoms with Gasteiger partial charge in [-0.2, -0.15) is 0 Å². The minimum atomic E-state index is -0.569. The van der Waals surface area contributed by atoms with E-state index in [1.165, 1.54) is 0 Å². The first-order valence-corrected chi connectivity index (χ1v) is 10.6. The number of methoxy groups -OCH3 is 1. The van der Waals surface area contributed by atoms with Gasteiger partial charge in [-0.15, -0.1) is 0 Å². The van der Waals surface area contributed by atoms with Gasteiger partial charge in [0.15, 0.2) is 5.43 Å². The van der Waals surface area contributed by atoms with Gasteiger partial charge < -0.3 is 18.8 Å². The molecule has 0 spiro atoms. The number of carbonyl (C=O) groups is 1. The Bertz CT molecular complexity index is 1200. The van der Waals surface area contributed by atoms with E-state index in [0.29, 0.717) is 53.5 Å². The molecular weight excluding hydrogens is 418 g/mol. The second kappa shape index (κ2) is 8.73. The van der Waals surface area contributed by atoms with Crippen LogP contribution in [0.1, 0.15) is 46.6 Å². The molecule has 0 aliphatic carbocycles. The molecule has 1 aliphatic rings. The van der Waals surface area contributed by atoms with Crippen molar-refractivity contribution in [1.82, 2.24) is 4.90 Å². The number of ether oxygens (including phenoxy) is 2. The number of hydrogen-bond acceptors (Lipinski definition) is 5. The van der Waals surface area contributed by atoms with E-state index in [1.54, 1.807) is 24.1 Å². The first kappa shape index (κ1) is 21.4. The molecule has 1 aliphatic heterocycles. The van der Waals surface area contributed by atoms with Crippen molar-refractivity contribution in [2.24, 2.45) is 0 Å². The van der Waals surface area contributed by atoms with E-state index in [9.17, 15) is 9.59 Å². The van der Waals surface area contributed by atoms with Crippen molar-refractivity contribution >= 4 is 28.5 Å². The first-order valence-electron chi connectivity index (χ1n) is 10.3. The molecule has 1 atom stereocenters. The lowest BCUT2D eigenvalue weighted by Crippen LogP contribution is -2.31. The molecule has 7 heteroatoms. The molecule has 1 unspecified atom stereocenters. The number of fused-ring (bicyclic) bond motifs is 2. The van der Waals surface area contributed by atoms with Gasteiger partial charge in [0.1, 0.15) is 11.3 Å². The molecule has 0 fully saturated rings. The summed E-state index contributed by atoms with van der Waals surface area (Å²) < 4.78 is 16.8. The molecule has 162 valence electrons. The Balaban J connectivity index is 1.92. The molecule has 3 aromatic rings. The predicted octanol–water partition coefficient (Wildman–Crippen LogP) is 4.74. The summed E-state index contributed by atoms with van der Waals surface area (Å²) in [5.74, 6) is 0.467. The number of rotatable bonds is 7. The minimum absolute atomic E-state index is 0.0865. The van der Waals surface area contributed by atoms with Crippen molar-refractivity contribution in [2.75, 3.05) is 26.9 Å². The van der Waals surface area contributed by atoms with Gasteiger partial charge >= 0.3 is 0 Å². The van der Waals surface area contributed by atoms with Gasteiger partial charge in [0, 0.05) is 25.3 Å². The molecule has 0 bridgehead atoms. The van der Waals surface area contributed by atoms with Gasteiger partial charge in [0.2, 0.25) is 5.76 Å². The Kier molecular flexibility index (Phi) is 6.03. The molecular formula is C24H24ClNO5. The van der Waals surface area contributed by atoms with Crippen molar-refractivity contribution in [1.29, 1.82) is 0 Å². The number of hydrogen-bond donors (Lipinski definition) is 0. The van der Waals surface area contributed by atoms with Gasteiger partial charge in [0.05, 0.1) is 23.6 Å². The normalized spacial score (nSPS) is 15.5. The smallest absolute Gasteiger partial charge is 0.290 e. The Morgan fingerprint density at radius 3 is 2.74 bits per heavy atom. The predicted molar refractivity (Wildman–Crippen MR) is 119 cm³/mol. The molecule has 0 saturated heterocycles. The zero-order valence-electron chi connectivity index (χ0n) is 17.7. The number of amides is 1. The molecule has 2 aromatic carbocycles. The molecule has 0 radical (unpaired) electrons. The molecule has 0 saturated carbocycles. The van der Waals surface area contributed by atoms with E-state index < -0.39 is 6.04 Å². The third-order valence-corrected chi connectivity index (χ3v) is 5.89. The second-order valence-corrected chi connectivity index (χ2v) is 7.93. The highest BCUT2D eigenvalue weighted by molar-refractivity contribution is 6.32. The zero-order valence-corrected chi connectivity index (χ0v) is 18.5. The number of benzene rings is 2. The van der Waals surface area contributed by atoms with Crippen molar-refractivity contribution in [2.45, 2.75) is 26.3 Å². The van der Waals surface area contributed by atoms with E-state index in [2.05, 4.69) is 0 Å². The van der Waals surface area contributed by atoms with Crippen LogP contribution in [0.5, 0.6) is 5.75 Å². The van der Waals surface area contributed by atoms with Crippen LogP contribution in [0.15, 0.2) is 45.6 Å². The summed E-state index contributed by atoms with van der Waals surface area (Å²) in [7, 11) is 1.62. The molecule has 1 amide bonds. The monoisotopic (exact) mass is 441 g/mol. The summed E-state index contributed by atoms with van der Waals surface area (Å²) in [6.07, 6.45) is 0.635. The van der Waals surface area contributed by atoms with Crippen LogP contribution in [0.2, 0.25) is 5.02 Å². The highest BCUT2D eigenvalue weighted by Crippen LogP contribution is 2.39. The van der Waals surface area contributed by atoms with E-state index in [-0.39, 0.29) is 17.1 Å². The van der Waals surface area contributed by atoms with Crippen LogP contribution in [0.3, 0.4) is 0 Å². The Labute approximate surface area is 185 Å². The molecule has 31 heavy (non-hydrogen) atoms. The van der Waals surface area contributed by atoms with Crippen molar-refractivity contribution in [3.8, 4) is 5.75 Å². The maximum Gasteiger partial charge on any atom is 0.290 e. The van der Waals surface area contributed by atoms with Crippen LogP contribution >= 0.6 is 11.6 Å². The standard InChI is InChI=1S/C24H24ClNO5/c1-4-30-16-8-5-7-15(12-16)21-20-22(27)17-13-18(25)14(2)11-19(17)31-23(20)24(28)26(21)9-6-10-29-3/h5,7-8,11-13,21H,4,6,9-10H2,1-3H3. The summed E-state index contributed by atoms with van der Waals surface area (Å²) in [4.78, 5) is 28.5. The topological polar surface area (TPSA) is 69.0 Å². The minimum Gasteiger partial charge on any atom is -0.494 e. The highest BCUT2D eigenvalue weighted by Gasteiger charge is 2.42. The molecule has 4 rings (SSSR count). The fourth-order valence-corrected chi connectivity index (χ4v) is 4.20. The van der Waals surface area contributed by atoms with Crippen LogP contribution in [-0.2, 0) is 4.74 Å². The highest BCUT2D eigenvalue weighted by atomic mass is 35.5. The molecule has 0 N–H and O–H groups in total. The third kappa shape index (κ3) is 3.82. The van der Waals surface area contributed by atoms with E-state index in [4.69, 9.17) is 25.5 Å². The maximum atomic E-state index is 13.5. The van der Waals surface area contributed by atoms with E-state index >= 15 is 0 Å². The average molecular weight is 442 g/mol. The summed E-state index contributed by atoms with van der Waals surface area (Å²) >= 11 is 6.27. The fraction of sp³-hybridized carbons (Fsp3) is 0.333. The summed E-state index contributed by atoms with van der Waals surface area (Å²) in [5, 5.41) is 0.850.